The predicted octanol–water partition coefficient (Wildman–Crippen LogP) is 2.91. The van der Waals surface area contributed by atoms with Gasteiger partial charge in [-0.15, -0.1) is 0 Å². The first-order valence-corrected chi connectivity index (χ1v) is 8.59. The average molecular weight is 349 g/mol. The molecule has 5 nitrogen and oxygen atoms in total. The van der Waals surface area contributed by atoms with Crippen molar-refractivity contribution in [2.75, 3.05) is 20.2 Å². The SMILES string of the molecule is COC(=O)c1cccc(CN/C(=C2/CNCC2=N)c2ccccc2C)c1. The van der Waals surface area contributed by atoms with Crippen LogP contribution in [-0.4, -0.2) is 31.9 Å². The largest absolute Gasteiger partial charge is 0.465 e. The summed E-state index contributed by atoms with van der Waals surface area (Å²) in [5, 5.41) is 15.0. The molecule has 3 rings (SSSR count). The molecular formula is C21H23N3O2. The molecule has 3 N–H and O–H groups in total. The molecule has 0 aliphatic carbocycles. The maximum atomic E-state index is 11.7. The number of benzene rings is 2. The lowest BCUT2D eigenvalue weighted by atomic mass is 9.99. The zero-order valence-electron chi connectivity index (χ0n) is 15.1. The molecular weight excluding hydrogens is 326 g/mol. The molecule has 1 aliphatic rings. The molecule has 2 aromatic carbocycles. The molecule has 0 amide bonds. The topological polar surface area (TPSA) is 74.2 Å². The van der Waals surface area contributed by atoms with Crippen molar-refractivity contribution in [3.63, 3.8) is 0 Å². The Bertz CT molecular complexity index is 871. The quantitative estimate of drug-likeness (QED) is 0.726. The minimum atomic E-state index is -0.342. The Morgan fingerprint density at radius 2 is 2.00 bits per heavy atom. The van der Waals surface area contributed by atoms with E-state index in [0.717, 1.165) is 28.0 Å². The van der Waals surface area contributed by atoms with Crippen molar-refractivity contribution in [1.29, 1.82) is 5.41 Å². The number of aryl methyl sites for hydroxylation is 1. The van der Waals surface area contributed by atoms with Crippen LogP contribution in [-0.2, 0) is 11.3 Å². The third kappa shape index (κ3) is 3.83. The zero-order chi connectivity index (χ0) is 18.5. The normalized spacial score (nSPS) is 15.7. The molecule has 0 radical (unpaired) electrons. The Hall–Kier alpha value is -2.92. The zero-order valence-corrected chi connectivity index (χ0v) is 15.1. The van der Waals surface area contributed by atoms with Gasteiger partial charge in [0.15, 0.2) is 0 Å². The summed E-state index contributed by atoms with van der Waals surface area (Å²) in [6, 6.07) is 15.6. The van der Waals surface area contributed by atoms with E-state index in [4.69, 9.17) is 10.1 Å². The van der Waals surface area contributed by atoms with Crippen molar-refractivity contribution in [2.45, 2.75) is 13.5 Å². The monoisotopic (exact) mass is 349 g/mol. The fourth-order valence-electron chi connectivity index (χ4n) is 3.10. The number of hydrogen-bond acceptors (Lipinski definition) is 5. The van der Waals surface area contributed by atoms with Crippen LogP contribution in [0.1, 0.15) is 27.0 Å². The number of hydrogen-bond donors (Lipinski definition) is 3. The fraction of sp³-hybridized carbons (Fsp3) is 0.238. The number of rotatable bonds is 5. The lowest BCUT2D eigenvalue weighted by Crippen LogP contribution is -2.18. The highest BCUT2D eigenvalue weighted by Crippen LogP contribution is 2.23. The first-order valence-electron chi connectivity index (χ1n) is 8.59. The van der Waals surface area contributed by atoms with Crippen molar-refractivity contribution in [2.24, 2.45) is 0 Å². The molecule has 0 unspecified atom stereocenters. The van der Waals surface area contributed by atoms with E-state index in [1.165, 1.54) is 7.11 Å². The van der Waals surface area contributed by atoms with E-state index >= 15 is 0 Å². The van der Waals surface area contributed by atoms with Crippen LogP contribution in [0.4, 0.5) is 0 Å². The Kier molecular flexibility index (Phi) is 5.49. The maximum absolute atomic E-state index is 11.7. The second-order valence-electron chi connectivity index (χ2n) is 6.30. The summed E-state index contributed by atoms with van der Waals surface area (Å²) in [4.78, 5) is 11.7. The summed E-state index contributed by atoms with van der Waals surface area (Å²) in [6.45, 7) is 3.90. The van der Waals surface area contributed by atoms with Gasteiger partial charge >= 0.3 is 5.97 Å². The van der Waals surface area contributed by atoms with Crippen molar-refractivity contribution in [1.82, 2.24) is 10.6 Å². The van der Waals surface area contributed by atoms with Gasteiger partial charge in [-0.1, -0.05) is 36.4 Å². The van der Waals surface area contributed by atoms with Crippen LogP contribution in [0.5, 0.6) is 0 Å². The van der Waals surface area contributed by atoms with Crippen LogP contribution in [0, 0.1) is 12.3 Å². The summed E-state index contributed by atoms with van der Waals surface area (Å²) >= 11 is 0. The van der Waals surface area contributed by atoms with E-state index in [1.54, 1.807) is 6.07 Å². The van der Waals surface area contributed by atoms with Crippen molar-refractivity contribution < 1.29 is 9.53 Å². The van der Waals surface area contributed by atoms with Crippen LogP contribution in [0.15, 0.2) is 54.1 Å². The second kappa shape index (κ2) is 7.97. The van der Waals surface area contributed by atoms with Crippen molar-refractivity contribution in [3.8, 4) is 0 Å². The van der Waals surface area contributed by atoms with Crippen LogP contribution in [0.2, 0.25) is 0 Å². The van der Waals surface area contributed by atoms with Crippen LogP contribution in [0.25, 0.3) is 5.70 Å². The molecule has 134 valence electrons. The number of methoxy groups -OCH3 is 1. The molecule has 1 saturated heterocycles. The molecule has 1 heterocycles. The molecule has 1 fully saturated rings. The first kappa shape index (κ1) is 17.9. The van der Waals surface area contributed by atoms with Crippen LogP contribution >= 0.6 is 0 Å². The average Bonchev–Trinajstić information content (AvgIpc) is 3.08. The molecule has 0 bridgehead atoms. The van der Waals surface area contributed by atoms with Crippen molar-refractivity contribution >= 4 is 17.4 Å². The minimum Gasteiger partial charge on any atom is -0.465 e. The molecule has 5 heteroatoms. The highest BCUT2D eigenvalue weighted by molar-refractivity contribution is 6.07. The number of ether oxygens (including phenoxy) is 1. The van der Waals surface area contributed by atoms with Gasteiger partial charge in [0.1, 0.15) is 0 Å². The number of nitrogens with one attached hydrogen (secondary N) is 3. The molecule has 0 spiro atoms. The van der Waals surface area contributed by atoms with E-state index < -0.39 is 0 Å². The number of carbonyl (C=O) groups is 1. The van der Waals surface area contributed by atoms with Gasteiger partial charge in [0, 0.05) is 36.5 Å². The summed E-state index contributed by atoms with van der Waals surface area (Å²) in [5.74, 6) is -0.342. The minimum absolute atomic E-state index is 0.342. The van der Waals surface area contributed by atoms with Crippen LogP contribution < -0.4 is 10.6 Å². The molecule has 1 aliphatic heterocycles. The van der Waals surface area contributed by atoms with Gasteiger partial charge in [-0.3, -0.25) is 0 Å². The molecule has 0 aromatic heterocycles. The van der Waals surface area contributed by atoms with E-state index in [-0.39, 0.29) is 5.97 Å². The lowest BCUT2D eigenvalue weighted by molar-refractivity contribution is 0.0600. The Balaban J connectivity index is 1.90. The van der Waals surface area contributed by atoms with Crippen molar-refractivity contribution in [3.05, 3.63) is 76.4 Å². The van der Waals surface area contributed by atoms with Gasteiger partial charge in [0.2, 0.25) is 0 Å². The lowest BCUT2D eigenvalue weighted by Gasteiger charge is -2.17. The highest BCUT2D eigenvalue weighted by atomic mass is 16.5. The van der Waals surface area contributed by atoms with Gasteiger partial charge in [-0.05, 0) is 30.2 Å². The smallest absolute Gasteiger partial charge is 0.337 e. The van der Waals surface area contributed by atoms with E-state index in [2.05, 4.69) is 29.7 Å². The van der Waals surface area contributed by atoms with Gasteiger partial charge in [0.25, 0.3) is 0 Å². The fourth-order valence-corrected chi connectivity index (χ4v) is 3.10. The maximum Gasteiger partial charge on any atom is 0.337 e. The second-order valence-corrected chi connectivity index (χ2v) is 6.30. The number of esters is 1. The summed E-state index contributed by atoms with van der Waals surface area (Å²) in [5.41, 5.74) is 6.35. The van der Waals surface area contributed by atoms with Crippen LogP contribution in [0.3, 0.4) is 0 Å². The summed E-state index contributed by atoms with van der Waals surface area (Å²) in [6.07, 6.45) is 0. The van der Waals surface area contributed by atoms with E-state index in [0.29, 0.717) is 30.9 Å². The van der Waals surface area contributed by atoms with Gasteiger partial charge in [-0.2, -0.15) is 0 Å². The highest BCUT2D eigenvalue weighted by Gasteiger charge is 2.20. The molecule has 0 saturated carbocycles. The summed E-state index contributed by atoms with van der Waals surface area (Å²) < 4.78 is 4.79. The molecule has 26 heavy (non-hydrogen) atoms. The Morgan fingerprint density at radius 1 is 1.19 bits per heavy atom. The van der Waals surface area contributed by atoms with E-state index in [1.807, 2.05) is 30.3 Å². The van der Waals surface area contributed by atoms with Gasteiger partial charge in [-0.25, -0.2) is 4.79 Å². The van der Waals surface area contributed by atoms with Gasteiger partial charge in [0.05, 0.1) is 18.4 Å². The molecule has 2 aromatic rings. The third-order valence-corrected chi connectivity index (χ3v) is 4.50. The summed E-state index contributed by atoms with van der Waals surface area (Å²) in [7, 11) is 1.38. The Labute approximate surface area is 153 Å². The first-order chi connectivity index (χ1) is 12.6. The van der Waals surface area contributed by atoms with Gasteiger partial charge < -0.3 is 20.8 Å². The predicted molar refractivity (Wildman–Crippen MR) is 103 cm³/mol. The number of carbonyl (C=O) groups excluding carboxylic acids is 1. The molecule has 0 atom stereocenters. The standard InChI is InChI=1S/C21H23N3O2/c1-14-6-3-4-9-17(14)20(18-12-23-13-19(18)22)24-11-15-7-5-8-16(10-15)21(25)26-2/h3-10,22-24H,11-13H2,1-2H3/b20-18-,22-19?. The van der Waals surface area contributed by atoms with E-state index in [9.17, 15) is 4.79 Å². The Morgan fingerprint density at radius 3 is 2.69 bits per heavy atom. The third-order valence-electron chi connectivity index (χ3n) is 4.50.